The number of benzene rings is 1. The Kier molecular flexibility index (Phi) is 5.89. The van der Waals surface area contributed by atoms with Gasteiger partial charge in [-0.1, -0.05) is 0 Å². The molecule has 3 nitrogen and oxygen atoms in total. The summed E-state index contributed by atoms with van der Waals surface area (Å²) in [7, 11) is 0. The first kappa shape index (κ1) is 15.6. The molecular weight excluding hydrogens is 250 g/mol. The van der Waals surface area contributed by atoms with Crippen molar-refractivity contribution in [2.45, 2.75) is 33.4 Å². The quantitative estimate of drug-likeness (QED) is 0.860. The average Bonchev–Trinajstić information content (AvgIpc) is 2.40. The van der Waals surface area contributed by atoms with Crippen molar-refractivity contribution in [3.8, 4) is 0 Å². The van der Waals surface area contributed by atoms with Crippen LogP contribution in [-0.2, 0) is 11.3 Å². The molecule has 0 aliphatic carbocycles. The molecule has 0 aliphatic rings. The second-order valence-corrected chi connectivity index (χ2v) is 4.35. The molecule has 1 aromatic rings. The van der Waals surface area contributed by atoms with Gasteiger partial charge in [-0.15, -0.1) is 0 Å². The molecule has 0 aliphatic heterocycles. The van der Waals surface area contributed by atoms with Crippen molar-refractivity contribution in [1.82, 2.24) is 10.2 Å². The highest BCUT2D eigenvalue weighted by Gasteiger charge is 2.17. The van der Waals surface area contributed by atoms with Crippen LogP contribution in [0.25, 0.3) is 0 Å². The summed E-state index contributed by atoms with van der Waals surface area (Å²) in [6.07, 6.45) is 0. The van der Waals surface area contributed by atoms with Crippen LogP contribution in [0, 0.1) is 11.6 Å². The summed E-state index contributed by atoms with van der Waals surface area (Å²) in [5.41, 5.74) is 0.221. The number of amides is 1. The van der Waals surface area contributed by atoms with E-state index in [1.165, 1.54) is 0 Å². The number of hydrogen-bond acceptors (Lipinski definition) is 2. The number of halogens is 2. The van der Waals surface area contributed by atoms with Crippen molar-refractivity contribution in [2.24, 2.45) is 0 Å². The third-order valence-electron chi connectivity index (χ3n) is 3.05. The van der Waals surface area contributed by atoms with Gasteiger partial charge < -0.3 is 10.2 Å². The minimum Gasteiger partial charge on any atom is -0.342 e. The minimum atomic E-state index is -0.485. The standard InChI is InChI=1S/C14H20F2N2O/c1-4-18(5-2)14(19)10(3)17-9-11-8-12(15)6-7-13(11)16/h6-8,10,17H,4-5,9H2,1-3H3. The topological polar surface area (TPSA) is 32.3 Å². The number of likely N-dealkylation sites (N-methyl/N-ethyl adjacent to an activating group) is 1. The number of hydrogen-bond donors (Lipinski definition) is 1. The predicted molar refractivity (Wildman–Crippen MR) is 70.6 cm³/mol. The Hall–Kier alpha value is -1.49. The molecule has 0 saturated carbocycles. The van der Waals surface area contributed by atoms with Crippen LogP contribution in [0.2, 0.25) is 0 Å². The lowest BCUT2D eigenvalue weighted by Gasteiger charge is -2.23. The van der Waals surface area contributed by atoms with Gasteiger partial charge in [0.2, 0.25) is 5.91 Å². The lowest BCUT2D eigenvalue weighted by molar-refractivity contribution is -0.132. The number of nitrogens with one attached hydrogen (secondary N) is 1. The van der Waals surface area contributed by atoms with Gasteiger partial charge in [0, 0.05) is 25.2 Å². The molecule has 0 spiro atoms. The fraction of sp³-hybridized carbons (Fsp3) is 0.500. The molecule has 0 fully saturated rings. The number of rotatable bonds is 6. The molecule has 5 heteroatoms. The zero-order valence-electron chi connectivity index (χ0n) is 11.5. The third kappa shape index (κ3) is 4.28. The third-order valence-corrected chi connectivity index (χ3v) is 3.05. The van der Waals surface area contributed by atoms with Crippen LogP contribution in [-0.4, -0.2) is 29.9 Å². The predicted octanol–water partition coefficient (Wildman–Crippen LogP) is 2.31. The van der Waals surface area contributed by atoms with Gasteiger partial charge in [-0.25, -0.2) is 8.78 Å². The number of carbonyl (C=O) groups excluding carboxylic acids is 1. The van der Waals surface area contributed by atoms with Crippen LogP contribution < -0.4 is 5.32 Å². The van der Waals surface area contributed by atoms with Crippen molar-refractivity contribution in [1.29, 1.82) is 0 Å². The summed E-state index contributed by atoms with van der Waals surface area (Å²) in [6, 6.07) is 2.87. The van der Waals surface area contributed by atoms with Crippen molar-refractivity contribution in [2.75, 3.05) is 13.1 Å². The molecular formula is C14H20F2N2O. The maximum absolute atomic E-state index is 13.4. The molecule has 1 amide bonds. The van der Waals surface area contributed by atoms with Crippen molar-refractivity contribution >= 4 is 5.91 Å². The minimum absolute atomic E-state index is 0.0400. The molecule has 0 saturated heterocycles. The van der Waals surface area contributed by atoms with Crippen LogP contribution in [0.4, 0.5) is 8.78 Å². The first-order chi connectivity index (χ1) is 8.99. The van der Waals surface area contributed by atoms with E-state index in [0.717, 1.165) is 18.2 Å². The number of carbonyl (C=O) groups is 1. The van der Waals surface area contributed by atoms with Gasteiger partial charge in [-0.2, -0.15) is 0 Å². The Morgan fingerprint density at radius 2 is 1.95 bits per heavy atom. The van der Waals surface area contributed by atoms with Crippen LogP contribution in [0.15, 0.2) is 18.2 Å². The van der Waals surface area contributed by atoms with E-state index < -0.39 is 17.7 Å². The monoisotopic (exact) mass is 270 g/mol. The molecule has 106 valence electrons. The maximum Gasteiger partial charge on any atom is 0.239 e. The second kappa shape index (κ2) is 7.19. The van der Waals surface area contributed by atoms with E-state index in [1.54, 1.807) is 11.8 Å². The largest absolute Gasteiger partial charge is 0.342 e. The number of nitrogens with zero attached hydrogens (tertiary/aromatic N) is 1. The smallest absolute Gasteiger partial charge is 0.239 e. The summed E-state index contributed by atoms with van der Waals surface area (Å²) in [4.78, 5) is 13.7. The Balaban J connectivity index is 2.61. The van der Waals surface area contributed by atoms with Gasteiger partial charge >= 0.3 is 0 Å². The fourth-order valence-corrected chi connectivity index (χ4v) is 1.84. The summed E-state index contributed by atoms with van der Waals surface area (Å²) >= 11 is 0. The summed E-state index contributed by atoms with van der Waals surface area (Å²) < 4.78 is 26.4. The van der Waals surface area contributed by atoms with Gasteiger partial charge in [-0.05, 0) is 39.0 Å². The summed E-state index contributed by atoms with van der Waals surface area (Å²) in [5.74, 6) is -1.00. The van der Waals surface area contributed by atoms with Crippen LogP contribution >= 0.6 is 0 Å². The second-order valence-electron chi connectivity index (χ2n) is 4.35. The molecule has 1 rings (SSSR count). The molecule has 1 unspecified atom stereocenters. The Bertz CT molecular complexity index is 433. The lowest BCUT2D eigenvalue weighted by Crippen LogP contribution is -2.44. The van der Waals surface area contributed by atoms with Gasteiger partial charge in [-0.3, -0.25) is 4.79 Å². The van der Waals surface area contributed by atoms with E-state index in [9.17, 15) is 13.6 Å². The van der Waals surface area contributed by atoms with Gasteiger partial charge in [0.05, 0.1) is 6.04 Å². The highest BCUT2D eigenvalue weighted by molar-refractivity contribution is 5.81. The molecule has 1 N–H and O–H groups in total. The molecule has 19 heavy (non-hydrogen) atoms. The summed E-state index contributed by atoms with van der Waals surface area (Å²) in [6.45, 7) is 6.92. The van der Waals surface area contributed by atoms with Crippen molar-refractivity contribution < 1.29 is 13.6 Å². The van der Waals surface area contributed by atoms with Gasteiger partial charge in [0.1, 0.15) is 11.6 Å². The Morgan fingerprint density at radius 3 is 2.53 bits per heavy atom. The highest BCUT2D eigenvalue weighted by atomic mass is 19.1. The average molecular weight is 270 g/mol. The summed E-state index contributed by atoms with van der Waals surface area (Å²) in [5, 5.41) is 2.92. The van der Waals surface area contributed by atoms with E-state index in [1.807, 2.05) is 13.8 Å². The van der Waals surface area contributed by atoms with Crippen LogP contribution in [0.1, 0.15) is 26.3 Å². The molecule has 0 bridgehead atoms. The first-order valence-corrected chi connectivity index (χ1v) is 6.45. The van der Waals surface area contributed by atoms with E-state index in [4.69, 9.17) is 0 Å². The molecule has 0 heterocycles. The van der Waals surface area contributed by atoms with Crippen LogP contribution in [0.5, 0.6) is 0 Å². The highest BCUT2D eigenvalue weighted by Crippen LogP contribution is 2.09. The molecule has 0 radical (unpaired) electrons. The zero-order valence-corrected chi connectivity index (χ0v) is 11.5. The van der Waals surface area contributed by atoms with E-state index in [2.05, 4.69) is 5.32 Å². The SMILES string of the molecule is CCN(CC)C(=O)C(C)NCc1cc(F)ccc1F. The van der Waals surface area contributed by atoms with Gasteiger partial charge in [0.15, 0.2) is 0 Å². The Labute approximate surface area is 112 Å². The molecule has 1 atom stereocenters. The van der Waals surface area contributed by atoms with E-state index >= 15 is 0 Å². The van der Waals surface area contributed by atoms with Gasteiger partial charge in [0.25, 0.3) is 0 Å². The van der Waals surface area contributed by atoms with E-state index in [0.29, 0.717) is 13.1 Å². The maximum atomic E-state index is 13.4. The van der Waals surface area contributed by atoms with Crippen molar-refractivity contribution in [3.05, 3.63) is 35.4 Å². The zero-order chi connectivity index (χ0) is 14.4. The fourth-order valence-electron chi connectivity index (χ4n) is 1.84. The Morgan fingerprint density at radius 1 is 1.32 bits per heavy atom. The van der Waals surface area contributed by atoms with Crippen molar-refractivity contribution in [3.63, 3.8) is 0 Å². The first-order valence-electron chi connectivity index (χ1n) is 6.45. The van der Waals surface area contributed by atoms with E-state index in [-0.39, 0.29) is 18.0 Å². The molecule has 0 aromatic heterocycles. The lowest BCUT2D eigenvalue weighted by atomic mass is 10.2. The van der Waals surface area contributed by atoms with Crippen LogP contribution in [0.3, 0.4) is 0 Å². The normalized spacial score (nSPS) is 12.3. The molecule has 1 aromatic carbocycles.